The number of nitrogens with zero attached hydrogens (tertiary/aromatic N) is 2. The molecule has 2 aliphatic rings. The van der Waals surface area contributed by atoms with E-state index in [0.717, 1.165) is 44.1 Å². The molecular weight excluding hydrogens is 344 g/mol. The average molecular weight is 374 g/mol. The highest BCUT2D eigenvalue weighted by Crippen LogP contribution is 2.35. The number of hydrogen-bond acceptors (Lipinski definition) is 5. The molecule has 7 nitrogen and oxygen atoms in total. The normalized spacial score (nSPS) is 28.6. The number of anilines is 2. The van der Waals surface area contributed by atoms with Gasteiger partial charge in [-0.25, -0.2) is 4.98 Å². The molecule has 0 aromatic carbocycles. The Hall–Kier alpha value is -2.15. The van der Waals surface area contributed by atoms with Crippen LogP contribution in [0, 0.1) is 18.8 Å². The summed E-state index contributed by atoms with van der Waals surface area (Å²) in [5.74, 6) is 0.0393. The Balaban J connectivity index is 1.70. The number of nitrogens with two attached hydrogens (primary N) is 1. The van der Waals surface area contributed by atoms with Crippen LogP contribution in [0.3, 0.4) is 0 Å². The largest absolute Gasteiger partial charge is 0.393 e. The first-order valence-electron chi connectivity index (χ1n) is 9.87. The first kappa shape index (κ1) is 19.6. The molecule has 1 saturated heterocycles. The maximum atomic E-state index is 12.9. The van der Waals surface area contributed by atoms with Crippen LogP contribution in [0.25, 0.3) is 0 Å². The number of piperidine rings is 1. The van der Waals surface area contributed by atoms with Gasteiger partial charge in [0.05, 0.1) is 18.0 Å². The summed E-state index contributed by atoms with van der Waals surface area (Å²) in [5.41, 5.74) is 6.93. The van der Waals surface area contributed by atoms with Crippen molar-refractivity contribution in [2.75, 3.05) is 17.6 Å². The number of likely N-dealkylation sites (tertiary alicyclic amines) is 1. The minimum atomic E-state index is -0.629. The lowest BCUT2D eigenvalue weighted by molar-refractivity contribution is -0.148. The Morgan fingerprint density at radius 2 is 1.93 bits per heavy atom. The molecule has 1 aliphatic heterocycles. The van der Waals surface area contributed by atoms with Crippen LogP contribution in [0.15, 0.2) is 12.3 Å². The number of aromatic nitrogens is 1. The van der Waals surface area contributed by atoms with Gasteiger partial charge in [0.1, 0.15) is 5.82 Å². The maximum Gasteiger partial charge on any atom is 0.313 e. The second-order valence-electron chi connectivity index (χ2n) is 8.16. The molecule has 0 unspecified atom stereocenters. The van der Waals surface area contributed by atoms with Gasteiger partial charge in [0.15, 0.2) is 0 Å². The fourth-order valence-electron chi connectivity index (χ4n) is 4.35. The SMILES string of the molecule is Cc1cc(NC(=O)C(=O)N2C[C@H](C)CC[C@@H]2[C@H]2CC[C@H](O)CC2)cnc1N. The van der Waals surface area contributed by atoms with E-state index in [2.05, 4.69) is 17.2 Å². The summed E-state index contributed by atoms with van der Waals surface area (Å²) < 4.78 is 0. The monoisotopic (exact) mass is 374 g/mol. The van der Waals surface area contributed by atoms with Gasteiger partial charge in [0.2, 0.25) is 0 Å². The highest BCUT2D eigenvalue weighted by Gasteiger charge is 2.38. The molecule has 4 N–H and O–H groups in total. The highest BCUT2D eigenvalue weighted by molar-refractivity contribution is 6.39. The van der Waals surface area contributed by atoms with Crippen LogP contribution in [-0.4, -0.2) is 45.5 Å². The summed E-state index contributed by atoms with van der Waals surface area (Å²) in [4.78, 5) is 31.3. The lowest BCUT2D eigenvalue weighted by Gasteiger charge is -2.44. The fourth-order valence-corrected chi connectivity index (χ4v) is 4.35. The number of rotatable bonds is 2. The number of nitrogen functional groups attached to an aromatic ring is 1. The van der Waals surface area contributed by atoms with E-state index in [1.807, 2.05) is 0 Å². The van der Waals surface area contributed by atoms with E-state index in [9.17, 15) is 14.7 Å². The molecule has 1 aromatic heterocycles. The Morgan fingerprint density at radius 1 is 1.22 bits per heavy atom. The summed E-state index contributed by atoms with van der Waals surface area (Å²) in [5, 5.41) is 12.4. The molecular formula is C20H30N4O3. The Bertz CT molecular complexity index is 700. The summed E-state index contributed by atoms with van der Waals surface area (Å²) in [7, 11) is 0. The summed E-state index contributed by atoms with van der Waals surface area (Å²) in [6, 6.07) is 1.80. The molecule has 0 bridgehead atoms. The number of nitrogens with one attached hydrogen (secondary N) is 1. The number of aryl methyl sites for hydroxylation is 1. The zero-order valence-electron chi connectivity index (χ0n) is 16.1. The van der Waals surface area contributed by atoms with Crippen molar-refractivity contribution in [2.24, 2.45) is 11.8 Å². The van der Waals surface area contributed by atoms with Gasteiger partial charge in [-0.05, 0) is 68.9 Å². The van der Waals surface area contributed by atoms with Gasteiger partial charge >= 0.3 is 11.8 Å². The van der Waals surface area contributed by atoms with E-state index < -0.39 is 11.8 Å². The van der Waals surface area contributed by atoms with Crippen molar-refractivity contribution < 1.29 is 14.7 Å². The van der Waals surface area contributed by atoms with Crippen LogP contribution in [0.1, 0.15) is 51.0 Å². The first-order valence-corrected chi connectivity index (χ1v) is 9.87. The smallest absolute Gasteiger partial charge is 0.313 e. The predicted octanol–water partition coefficient (Wildman–Crippen LogP) is 2.09. The van der Waals surface area contributed by atoms with Crippen LogP contribution in [0.4, 0.5) is 11.5 Å². The van der Waals surface area contributed by atoms with E-state index in [-0.39, 0.29) is 12.1 Å². The first-order chi connectivity index (χ1) is 12.8. The zero-order valence-corrected chi connectivity index (χ0v) is 16.1. The van der Waals surface area contributed by atoms with E-state index in [1.54, 1.807) is 17.9 Å². The summed E-state index contributed by atoms with van der Waals surface area (Å²) in [6.07, 6.45) is 6.60. The maximum absolute atomic E-state index is 12.9. The summed E-state index contributed by atoms with van der Waals surface area (Å²) in [6.45, 7) is 4.53. The molecule has 2 atom stereocenters. The molecule has 2 heterocycles. The molecule has 3 rings (SSSR count). The number of hydrogen-bond donors (Lipinski definition) is 3. The number of carbonyl (C=O) groups excluding carboxylic acids is 2. The van der Waals surface area contributed by atoms with Crippen LogP contribution in [0.2, 0.25) is 0 Å². The van der Waals surface area contributed by atoms with Crippen LogP contribution in [-0.2, 0) is 9.59 Å². The molecule has 0 radical (unpaired) electrons. The lowest BCUT2D eigenvalue weighted by Crippen LogP contribution is -2.53. The van der Waals surface area contributed by atoms with Crippen molar-refractivity contribution >= 4 is 23.3 Å². The Kier molecular flexibility index (Phi) is 5.99. The van der Waals surface area contributed by atoms with Gasteiger partial charge in [-0.2, -0.15) is 0 Å². The fraction of sp³-hybridized carbons (Fsp3) is 0.650. The molecule has 0 spiro atoms. The summed E-state index contributed by atoms with van der Waals surface area (Å²) >= 11 is 0. The van der Waals surface area contributed by atoms with Gasteiger partial charge in [0.25, 0.3) is 0 Å². The van der Waals surface area contributed by atoms with E-state index >= 15 is 0 Å². The number of aliphatic hydroxyl groups is 1. The second-order valence-corrected chi connectivity index (χ2v) is 8.16. The molecule has 1 aliphatic carbocycles. The molecule has 2 fully saturated rings. The lowest BCUT2D eigenvalue weighted by atomic mass is 9.77. The minimum Gasteiger partial charge on any atom is -0.393 e. The Labute approximate surface area is 160 Å². The Morgan fingerprint density at radius 3 is 2.59 bits per heavy atom. The number of pyridine rings is 1. The molecule has 27 heavy (non-hydrogen) atoms. The zero-order chi connectivity index (χ0) is 19.6. The van der Waals surface area contributed by atoms with Gasteiger partial charge in [-0.15, -0.1) is 0 Å². The van der Waals surface area contributed by atoms with Crippen LogP contribution < -0.4 is 11.1 Å². The van der Waals surface area contributed by atoms with Crippen LogP contribution in [0.5, 0.6) is 0 Å². The highest BCUT2D eigenvalue weighted by atomic mass is 16.3. The number of carbonyl (C=O) groups is 2. The minimum absolute atomic E-state index is 0.0817. The molecule has 7 heteroatoms. The van der Waals surface area contributed by atoms with Gasteiger partial charge < -0.3 is 21.1 Å². The number of aliphatic hydroxyl groups excluding tert-OH is 1. The van der Waals surface area contributed by atoms with Crippen molar-refractivity contribution in [2.45, 2.75) is 64.5 Å². The average Bonchev–Trinajstić information content (AvgIpc) is 2.65. The predicted molar refractivity (Wildman–Crippen MR) is 104 cm³/mol. The van der Waals surface area contributed by atoms with E-state index in [0.29, 0.717) is 29.9 Å². The molecule has 2 amide bonds. The van der Waals surface area contributed by atoms with Crippen molar-refractivity contribution in [1.29, 1.82) is 0 Å². The van der Waals surface area contributed by atoms with Crippen molar-refractivity contribution in [3.05, 3.63) is 17.8 Å². The quantitative estimate of drug-likeness (QED) is 0.687. The van der Waals surface area contributed by atoms with Crippen molar-refractivity contribution in [1.82, 2.24) is 9.88 Å². The third-order valence-corrected chi connectivity index (χ3v) is 5.98. The number of amides is 2. The molecule has 148 valence electrons. The van der Waals surface area contributed by atoms with Crippen molar-refractivity contribution in [3.8, 4) is 0 Å². The van der Waals surface area contributed by atoms with Crippen LogP contribution >= 0.6 is 0 Å². The standard InChI is InChI=1S/C20H30N4O3/c1-12-3-8-17(14-4-6-16(25)7-5-14)24(11-12)20(27)19(26)23-15-9-13(2)18(21)22-10-15/h9-10,12,14,16-17,25H,3-8,11H2,1-2H3,(H2,21,22)(H,23,26)/t12-,14-,16-,17-/m1/s1. The van der Waals surface area contributed by atoms with Gasteiger partial charge in [-0.3, -0.25) is 9.59 Å². The second kappa shape index (κ2) is 8.25. The topological polar surface area (TPSA) is 109 Å². The molecule has 1 saturated carbocycles. The van der Waals surface area contributed by atoms with Gasteiger partial charge in [0, 0.05) is 12.6 Å². The molecule has 1 aromatic rings. The van der Waals surface area contributed by atoms with E-state index in [1.165, 1.54) is 6.20 Å². The third kappa shape index (κ3) is 4.58. The van der Waals surface area contributed by atoms with Crippen molar-refractivity contribution in [3.63, 3.8) is 0 Å². The van der Waals surface area contributed by atoms with Gasteiger partial charge in [-0.1, -0.05) is 6.92 Å². The third-order valence-electron chi connectivity index (χ3n) is 5.98. The van der Waals surface area contributed by atoms with E-state index in [4.69, 9.17) is 5.73 Å².